The lowest BCUT2D eigenvalue weighted by Gasteiger charge is -2.19. The summed E-state index contributed by atoms with van der Waals surface area (Å²) in [6.07, 6.45) is 2.08. The van der Waals surface area contributed by atoms with E-state index in [1.54, 1.807) is 0 Å². The average Bonchev–Trinajstić information content (AvgIpc) is 2.35. The van der Waals surface area contributed by atoms with Gasteiger partial charge in [0.2, 0.25) is 0 Å². The minimum Gasteiger partial charge on any atom is -0.493 e. The van der Waals surface area contributed by atoms with Gasteiger partial charge in [0.1, 0.15) is 12.4 Å². The quantitative estimate of drug-likeness (QED) is 0.751. The molecule has 1 heterocycles. The summed E-state index contributed by atoms with van der Waals surface area (Å²) in [6.45, 7) is 4.66. The molecule has 0 atom stereocenters. The number of para-hydroxylation sites is 1. The van der Waals surface area contributed by atoms with Crippen LogP contribution in [-0.4, -0.2) is 25.1 Å². The zero-order chi connectivity index (χ0) is 12.3. The molecule has 0 bridgehead atoms. The number of carbonyl (C=O) groups excluding carboxylic acids is 1. The Hall–Kier alpha value is -1.35. The fourth-order valence-corrected chi connectivity index (χ4v) is 1.93. The number of hydrogen-bond donors (Lipinski definition) is 0. The molecule has 0 radical (unpaired) electrons. The lowest BCUT2D eigenvalue weighted by Crippen LogP contribution is -2.17. The smallest absolute Gasteiger partial charge is 0.192 e. The van der Waals surface area contributed by atoms with E-state index in [1.165, 1.54) is 0 Å². The van der Waals surface area contributed by atoms with Crippen molar-refractivity contribution in [1.29, 1.82) is 0 Å². The zero-order valence-corrected chi connectivity index (χ0v) is 10.4. The molecule has 3 nitrogen and oxygen atoms in total. The third-order valence-electron chi connectivity index (χ3n) is 2.78. The van der Waals surface area contributed by atoms with Crippen LogP contribution in [0.5, 0.6) is 5.75 Å². The lowest BCUT2D eigenvalue weighted by molar-refractivity contribution is 0.0581. The highest BCUT2D eigenvalue weighted by molar-refractivity contribution is 6.00. The van der Waals surface area contributed by atoms with Crippen molar-refractivity contribution in [1.82, 2.24) is 0 Å². The van der Waals surface area contributed by atoms with Gasteiger partial charge in [-0.2, -0.15) is 0 Å². The van der Waals surface area contributed by atoms with E-state index in [9.17, 15) is 4.79 Å². The molecule has 0 amide bonds. The van der Waals surface area contributed by atoms with Crippen LogP contribution in [0.25, 0.3) is 0 Å². The first-order chi connectivity index (χ1) is 8.18. The molecule has 0 aromatic heterocycles. The maximum Gasteiger partial charge on any atom is 0.192 e. The molecule has 1 aliphatic rings. The molecule has 0 aliphatic carbocycles. The van der Waals surface area contributed by atoms with Gasteiger partial charge in [-0.3, -0.25) is 4.79 Å². The molecule has 1 aliphatic heterocycles. The van der Waals surface area contributed by atoms with Crippen molar-refractivity contribution >= 4 is 5.78 Å². The Morgan fingerprint density at radius 3 is 3.06 bits per heavy atom. The maximum absolute atomic E-state index is 12.0. The third kappa shape index (κ3) is 2.86. The number of aryl methyl sites for hydroxylation is 1. The Bertz CT molecular complexity index is 410. The van der Waals surface area contributed by atoms with Crippen molar-refractivity contribution in [2.24, 2.45) is 0 Å². The molecule has 0 spiro atoms. The molecule has 3 heteroatoms. The Kier molecular flexibility index (Phi) is 3.79. The van der Waals surface area contributed by atoms with Crippen molar-refractivity contribution < 1.29 is 14.3 Å². The molecule has 2 rings (SSSR count). The van der Waals surface area contributed by atoms with E-state index >= 15 is 0 Å². The van der Waals surface area contributed by atoms with Gasteiger partial charge in [-0.1, -0.05) is 12.1 Å². The molecule has 0 saturated carbocycles. The van der Waals surface area contributed by atoms with Crippen LogP contribution in [0.3, 0.4) is 0 Å². The monoisotopic (exact) mass is 234 g/mol. The van der Waals surface area contributed by atoms with Crippen molar-refractivity contribution in [3.8, 4) is 5.75 Å². The summed E-state index contributed by atoms with van der Waals surface area (Å²) in [5.41, 5.74) is 1.79. The number of hydrogen-bond acceptors (Lipinski definition) is 3. The van der Waals surface area contributed by atoms with Crippen LogP contribution in [0.1, 0.15) is 36.2 Å². The number of Topliss-reactive ketones (excluding diaryl/α,β-unsaturated/α-hetero) is 1. The number of carbonyl (C=O) groups is 1. The predicted octanol–water partition coefficient (Wildman–Crippen LogP) is 2.62. The summed E-state index contributed by atoms with van der Waals surface area (Å²) >= 11 is 0. The third-order valence-corrected chi connectivity index (χ3v) is 2.78. The largest absolute Gasteiger partial charge is 0.493 e. The molecule has 0 fully saturated rings. The predicted molar refractivity (Wildman–Crippen MR) is 65.7 cm³/mol. The normalized spacial score (nSPS) is 14.3. The first-order valence-corrected chi connectivity index (χ1v) is 6.08. The zero-order valence-electron chi connectivity index (χ0n) is 10.4. The standard InChI is InChI=1S/C14H18O3/c1-10(2)17-9-13(15)12-7-3-5-11-6-4-8-16-14(11)12/h3,5,7,10H,4,6,8-9H2,1-2H3. The first kappa shape index (κ1) is 12.1. The molecule has 1 aromatic rings. The Morgan fingerprint density at radius 2 is 2.29 bits per heavy atom. The Labute approximate surface area is 102 Å². The second-order valence-corrected chi connectivity index (χ2v) is 4.53. The molecule has 0 N–H and O–H groups in total. The number of ketones is 1. The molecule has 1 aromatic carbocycles. The highest BCUT2D eigenvalue weighted by Crippen LogP contribution is 2.29. The van der Waals surface area contributed by atoms with Crippen LogP contribution in [0.15, 0.2) is 18.2 Å². The van der Waals surface area contributed by atoms with Gasteiger partial charge in [-0.25, -0.2) is 0 Å². The van der Waals surface area contributed by atoms with Crippen LogP contribution in [0.4, 0.5) is 0 Å². The minimum atomic E-state index is -0.00236. The minimum absolute atomic E-state index is 0.00236. The van der Waals surface area contributed by atoms with Gasteiger partial charge in [0, 0.05) is 0 Å². The van der Waals surface area contributed by atoms with E-state index in [-0.39, 0.29) is 18.5 Å². The van der Waals surface area contributed by atoms with Crippen molar-refractivity contribution in [3.05, 3.63) is 29.3 Å². The second kappa shape index (κ2) is 5.32. The lowest BCUT2D eigenvalue weighted by atomic mass is 10.0. The van der Waals surface area contributed by atoms with E-state index in [4.69, 9.17) is 9.47 Å². The number of fused-ring (bicyclic) bond motifs is 1. The highest BCUT2D eigenvalue weighted by atomic mass is 16.5. The Morgan fingerprint density at radius 1 is 1.47 bits per heavy atom. The maximum atomic E-state index is 12.0. The van der Waals surface area contributed by atoms with E-state index in [1.807, 2.05) is 32.0 Å². The van der Waals surface area contributed by atoms with Crippen LogP contribution < -0.4 is 4.74 Å². The molecular formula is C14H18O3. The van der Waals surface area contributed by atoms with Gasteiger partial charge >= 0.3 is 0 Å². The van der Waals surface area contributed by atoms with Crippen molar-refractivity contribution in [3.63, 3.8) is 0 Å². The summed E-state index contributed by atoms with van der Waals surface area (Å²) in [4.78, 5) is 12.0. The van der Waals surface area contributed by atoms with E-state index in [0.717, 1.165) is 24.2 Å². The molecule has 0 unspecified atom stereocenters. The fraction of sp³-hybridized carbons (Fsp3) is 0.500. The molecule has 0 saturated heterocycles. The molecule has 92 valence electrons. The number of rotatable bonds is 4. The molecular weight excluding hydrogens is 216 g/mol. The number of ether oxygens (including phenoxy) is 2. The highest BCUT2D eigenvalue weighted by Gasteiger charge is 2.19. The summed E-state index contributed by atoms with van der Waals surface area (Å²) < 4.78 is 11.0. The van der Waals surface area contributed by atoms with Gasteiger partial charge in [-0.05, 0) is 38.3 Å². The van der Waals surface area contributed by atoms with Crippen LogP contribution >= 0.6 is 0 Å². The van der Waals surface area contributed by atoms with Gasteiger partial charge < -0.3 is 9.47 Å². The summed E-state index contributed by atoms with van der Waals surface area (Å²) in [6, 6.07) is 5.75. The van der Waals surface area contributed by atoms with Gasteiger partial charge in [0.25, 0.3) is 0 Å². The van der Waals surface area contributed by atoms with Crippen molar-refractivity contribution in [2.75, 3.05) is 13.2 Å². The van der Waals surface area contributed by atoms with E-state index < -0.39 is 0 Å². The second-order valence-electron chi connectivity index (χ2n) is 4.53. The van der Waals surface area contributed by atoms with Gasteiger partial charge in [-0.15, -0.1) is 0 Å². The first-order valence-electron chi connectivity index (χ1n) is 6.08. The van der Waals surface area contributed by atoms with Crippen molar-refractivity contribution in [2.45, 2.75) is 32.8 Å². The Balaban J connectivity index is 2.17. The summed E-state index contributed by atoms with van der Waals surface area (Å²) in [5, 5.41) is 0. The van der Waals surface area contributed by atoms with Crippen LogP contribution in [-0.2, 0) is 11.2 Å². The van der Waals surface area contributed by atoms with E-state index in [0.29, 0.717) is 12.2 Å². The average molecular weight is 234 g/mol. The van der Waals surface area contributed by atoms with E-state index in [2.05, 4.69) is 0 Å². The molecule has 17 heavy (non-hydrogen) atoms. The van der Waals surface area contributed by atoms with Crippen LogP contribution in [0, 0.1) is 0 Å². The summed E-state index contributed by atoms with van der Waals surface area (Å²) in [7, 11) is 0. The van der Waals surface area contributed by atoms with Gasteiger partial charge in [0.15, 0.2) is 5.78 Å². The fourth-order valence-electron chi connectivity index (χ4n) is 1.93. The van der Waals surface area contributed by atoms with Crippen LogP contribution in [0.2, 0.25) is 0 Å². The number of benzene rings is 1. The van der Waals surface area contributed by atoms with Gasteiger partial charge in [0.05, 0.1) is 18.3 Å². The summed E-state index contributed by atoms with van der Waals surface area (Å²) in [5.74, 6) is 0.758. The topological polar surface area (TPSA) is 35.5 Å². The SMILES string of the molecule is CC(C)OCC(=O)c1cccc2c1OCCC2.